The van der Waals surface area contributed by atoms with E-state index in [1.165, 1.54) is 0 Å². The summed E-state index contributed by atoms with van der Waals surface area (Å²) in [6, 6.07) is 18.3. The molecule has 4 rings (SSSR count). The summed E-state index contributed by atoms with van der Waals surface area (Å²) in [6.45, 7) is 0. The van der Waals surface area contributed by atoms with Gasteiger partial charge in [0.15, 0.2) is 0 Å². The van der Waals surface area contributed by atoms with Crippen LogP contribution in [0.3, 0.4) is 0 Å². The maximum atomic E-state index is 4.47. The van der Waals surface area contributed by atoms with Crippen LogP contribution in [0.1, 0.15) is 0 Å². The number of pyridine rings is 3. The quantitative estimate of drug-likeness (QED) is 0.548. The maximum absolute atomic E-state index is 4.47. The SMILES string of the molecule is c1ccc(-c2ccc3nccc(-c4ccncc4)c3c2)nc1. The monoisotopic (exact) mass is 283 g/mol. The van der Waals surface area contributed by atoms with E-state index in [9.17, 15) is 0 Å². The largest absolute Gasteiger partial charge is 0.265 e. The van der Waals surface area contributed by atoms with Gasteiger partial charge in [-0.3, -0.25) is 15.0 Å². The highest BCUT2D eigenvalue weighted by molar-refractivity contribution is 5.96. The van der Waals surface area contributed by atoms with Crippen molar-refractivity contribution in [2.24, 2.45) is 0 Å². The van der Waals surface area contributed by atoms with Gasteiger partial charge in [-0.2, -0.15) is 0 Å². The summed E-state index contributed by atoms with van der Waals surface area (Å²) in [5.41, 5.74) is 5.34. The standard InChI is InChI=1S/C19H13N3/c1-2-9-21-18(3-1)15-4-5-19-17(13-15)16(8-12-22-19)14-6-10-20-11-7-14/h1-13H. The molecule has 0 N–H and O–H groups in total. The van der Waals surface area contributed by atoms with Crippen molar-refractivity contribution in [3.05, 3.63) is 79.4 Å². The molecule has 0 aliphatic heterocycles. The van der Waals surface area contributed by atoms with Gasteiger partial charge in [0.2, 0.25) is 0 Å². The third-order valence-electron chi connectivity index (χ3n) is 3.69. The second kappa shape index (κ2) is 5.37. The Labute approximate surface area is 128 Å². The Kier molecular flexibility index (Phi) is 3.09. The molecular weight excluding hydrogens is 270 g/mol. The Morgan fingerprint density at radius 3 is 2.36 bits per heavy atom. The van der Waals surface area contributed by atoms with E-state index < -0.39 is 0 Å². The molecule has 0 bridgehead atoms. The molecule has 0 spiro atoms. The zero-order valence-corrected chi connectivity index (χ0v) is 11.8. The van der Waals surface area contributed by atoms with Gasteiger partial charge in [-0.1, -0.05) is 12.1 Å². The van der Waals surface area contributed by atoms with Crippen LogP contribution in [0.5, 0.6) is 0 Å². The van der Waals surface area contributed by atoms with E-state index in [4.69, 9.17) is 0 Å². The van der Waals surface area contributed by atoms with Crippen LogP contribution >= 0.6 is 0 Å². The van der Waals surface area contributed by atoms with Crippen LogP contribution in [-0.4, -0.2) is 15.0 Å². The summed E-state index contributed by atoms with van der Waals surface area (Å²) in [5, 5.41) is 1.12. The summed E-state index contributed by atoms with van der Waals surface area (Å²) in [4.78, 5) is 13.0. The molecule has 4 aromatic rings. The number of aromatic nitrogens is 3. The van der Waals surface area contributed by atoms with Crippen LogP contribution in [0.25, 0.3) is 33.3 Å². The van der Waals surface area contributed by atoms with Crippen LogP contribution in [0, 0.1) is 0 Å². The molecule has 0 aliphatic carbocycles. The third kappa shape index (κ3) is 2.23. The number of nitrogens with zero attached hydrogens (tertiary/aromatic N) is 3. The second-order valence-corrected chi connectivity index (χ2v) is 5.04. The maximum Gasteiger partial charge on any atom is 0.0708 e. The Bertz CT molecular complexity index is 919. The molecule has 3 aromatic heterocycles. The van der Waals surface area contributed by atoms with E-state index in [2.05, 4.69) is 27.1 Å². The van der Waals surface area contributed by atoms with Gasteiger partial charge in [0.1, 0.15) is 0 Å². The molecule has 0 saturated carbocycles. The van der Waals surface area contributed by atoms with E-state index in [0.717, 1.165) is 33.3 Å². The van der Waals surface area contributed by atoms with E-state index in [-0.39, 0.29) is 0 Å². The highest BCUT2D eigenvalue weighted by atomic mass is 14.7. The van der Waals surface area contributed by atoms with Crippen LogP contribution in [0.15, 0.2) is 79.4 Å². The Morgan fingerprint density at radius 1 is 0.636 bits per heavy atom. The molecule has 0 aliphatic rings. The molecule has 3 nitrogen and oxygen atoms in total. The zero-order chi connectivity index (χ0) is 14.8. The Hall–Kier alpha value is -3.07. The van der Waals surface area contributed by atoms with Crippen LogP contribution in [0.4, 0.5) is 0 Å². The molecular formula is C19H13N3. The van der Waals surface area contributed by atoms with Gasteiger partial charge in [0.05, 0.1) is 11.2 Å². The van der Waals surface area contributed by atoms with Gasteiger partial charge in [-0.05, 0) is 53.6 Å². The molecule has 3 heterocycles. The van der Waals surface area contributed by atoms with Crippen molar-refractivity contribution in [2.45, 2.75) is 0 Å². The predicted octanol–water partition coefficient (Wildman–Crippen LogP) is 4.36. The Balaban J connectivity index is 1.95. The highest BCUT2D eigenvalue weighted by Gasteiger charge is 2.07. The lowest BCUT2D eigenvalue weighted by atomic mass is 9.99. The molecule has 0 amide bonds. The van der Waals surface area contributed by atoms with Crippen molar-refractivity contribution in [3.8, 4) is 22.4 Å². The average molecular weight is 283 g/mol. The summed E-state index contributed by atoms with van der Waals surface area (Å²) in [6.07, 6.45) is 7.28. The smallest absolute Gasteiger partial charge is 0.0708 e. The summed E-state index contributed by atoms with van der Waals surface area (Å²) < 4.78 is 0. The van der Waals surface area contributed by atoms with E-state index in [1.54, 1.807) is 0 Å². The first-order chi connectivity index (χ1) is 10.9. The fourth-order valence-electron chi connectivity index (χ4n) is 2.62. The number of hydrogen-bond acceptors (Lipinski definition) is 3. The fourth-order valence-corrected chi connectivity index (χ4v) is 2.62. The fraction of sp³-hybridized carbons (Fsp3) is 0. The van der Waals surface area contributed by atoms with E-state index in [0.29, 0.717) is 0 Å². The van der Waals surface area contributed by atoms with Crippen molar-refractivity contribution < 1.29 is 0 Å². The summed E-state index contributed by atoms with van der Waals surface area (Å²) >= 11 is 0. The minimum Gasteiger partial charge on any atom is -0.265 e. The minimum atomic E-state index is 0.967. The molecule has 22 heavy (non-hydrogen) atoms. The first-order valence-electron chi connectivity index (χ1n) is 7.12. The van der Waals surface area contributed by atoms with Crippen molar-refractivity contribution in [1.29, 1.82) is 0 Å². The highest BCUT2D eigenvalue weighted by Crippen LogP contribution is 2.30. The van der Waals surface area contributed by atoms with Gasteiger partial charge in [0.25, 0.3) is 0 Å². The number of hydrogen-bond donors (Lipinski definition) is 0. The van der Waals surface area contributed by atoms with Crippen molar-refractivity contribution >= 4 is 10.9 Å². The molecule has 0 radical (unpaired) electrons. The van der Waals surface area contributed by atoms with Gasteiger partial charge >= 0.3 is 0 Å². The predicted molar refractivity (Wildman–Crippen MR) is 88.2 cm³/mol. The Morgan fingerprint density at radius 2 is 1.55 bits per heavy atom. The summed E-state index contributed by atoms with van der Waals surface area (Å²) in [7, 11) is 0. The van der Waals surface area contributed by atoms with Crippen LogP contribution < -0.4 is 0 Å². The normalized spacial score (nSPS) is 10.7. The van der Waals surface area contributed by atoms with Crippen molar-refractivity contribution in [3.63, 3.8) is 0 Å². The topological polar surface area (TPSA) is 38.7 Å². The van der Waals surface area contributed by atoms with Gasteiger partial charge in [-0.25, -0.2) is 0 Å². The number of fused-ring (bicyclic) bond motifs is 1. The van der Waals surface area contributed by atoms with Crippen molar-refractivity contribution in [1.82, 2.24) is 15.0 Å². The lowest BCUT2D eigenvalue weighted by Gasteiger charge is -2.08. The molecule has 0 fully saturated rings. The lowest BCUT2D eigenvalue weighted by Crippen LogP contribution is -1.87. The van der Waals surface area contributed by atoms with E-state index in [1.807, 2.05) is 67.3 Å². The van der Waals surface area contributed by atoms with E-state index >= 15 is 0 Å². The molecule has 0 saturated heterocycles. The molecule has 1 aromatic carbocycles. The number of benzene rings is 1. The van der Waals surface area contributed by atoms with Crippen LogP contribution in [-0.2, 0) is 0 Å². The second-order valence-electron chi connectivity index (χ2n) is 5.04. The molecule has 104 valence electrons. The van der Waals surface area contributed by atoms with Gasteiger partial charge in [0, 0.05) is 35.7 Å². The molecule has 3 heteroatoms. The third-order valence-corrected chi connectivity index (χ3v) is 3.69. The number of rotatable bonds is 2. The molecule has 0 atom stereocenters. The average Bonchev–Trinajstić information content (AvgIpc) is 2.62. The zero-order valence-electron chi connectivity index (χ0n) is 11.8. The minimum absolute atomic E-state index is 0.967. The lowest BCUT2D eigenvalue weighted by molar-refractivity contribution is 1.32. The van der Waals surface area contributed by atoms with Gasteiger partial charge < -0.3 is 0 Å². The summed E-state index contributed by atoms with van der Waals surface area (Å²) in [5.74, 6) is 0. The molecule has 0 unspecified atom stereocenters. The first kappa shape index (κ1) is 12.7. The van der Waals surface area contributed by atoms with Gasteiger partial charge in [-0.15, -0.1) is 0 Å². The van der Waals surface area contributed by atoms with Crippen molar-refractivity contribution in [2.75, 3.05) is 0 Å². The van der Waals surface area contributed by atoms with Crippen LogP contribution in [0.2, 0.25) is 0 Å². The first-order valence-corrected chi connectivity index (χ1v) is 7.12.